The Morgan fingerprint density at radius 3 is 2.80 bits per heavy atom. The van der Waals surface area contributed by atoms with Crippen molar-refractivity contribution in [3.05, 3.63) is 23.0 Å². The van der Waals surface area contributed by atoms with E-state index in [0.29, 0.717) is 5.69 Å². The van der Waals surface area contributed by atoms with Crippen LogP contribution in [0.15, 0.2) is 6.20 Å². The van der Waals surface area contributed by atoms with Gasteiger partial charge in [-0.3, -0.25) is 0 Å². The van der Waals surface area contributed by atoms with Gasteiger partial charge in [0.1, 0.15) is 0 Å². The van der Waals surface area contributed by atoms with Gasteiger partial charge >= 0.3 is 6.08 Å². The van der Waals surface area contributed by atoms with Crippen LogP contribution >= 0.6 is 23.2 Å². The molecule has 1 heterocycles. The highest BCUT2D eigenvalue weighted by molar-refractivity contribution is 6.31. The van der Waals surface area contributed by atoms with Crippen molar-refractivity contribution in [3.63, 3.8) is 0 Å². The molecule has 10 heavy (non-hydrogen) atoms. The molecule has 0 radical (unpaired) electrons. The fourth-order valence-electron chi connectivity index (χ4n) is 0.472. The highest BCUT2D eigenvalue weighted by Crippen LogP contribution is 2.13. The van der Waals surface area contributed by atoms with Gasteiger partial charge in [-0.05, 0) is 0 Å². The van der Waals surface area contributed by atoms with E-state index in [1.807, 2.05) is 0 Å². The second-order valence-corrected chi connectivity index (χ2v) is 2.24. The summed E-state index contributed by atoms with van der Waals surface area (Å²) in [5.74, 6) is 0.0955. The summed E-state index contributed by atoms with van der Waals surface area (Å²) in [6.45, 7) is 0. The standard InChI is InChI=1S/C5H3Cl2FN2/c6-1-4-3(7)2-9-5(8)10-4/h2H,1H2. The molecule has 0 aliphatic heterocycles. The van der Waals surface area contributed by atoms with Crippen LogP contribution in [0.25, 0.3) is 0 Å². The van der Waals surface area contributed by atoms with Crippen molar-refractivity contribution in [1.82, 2.24) is 9.97 Å². The van der Waals surface area contributed by atoms with E-state index < -0.39 is 6.08 Å². The molecule has 0 fully saturated rings. The van der Waals surface area contributed by atoms with Crippen molar-refractivity contribution in [2.75, 3.05) is 0 Å². The number of aromatic nitrogens is 2. The smallest absolute Gasteiger partial charge is 0.209 e. The third-order valence-electron chi connectivity index (χ3n) is 0.914. The lowest BCUT2D eigenvalue weighted by Gasteiger charge is -1.95. The summed E-state index contributed by atoms with van der Waals surface area (Å²) in [5.41, 5.74) is 0.316. The molecule has 0 amide bonds. The van der Waals surface area contributed by atoms with Gasteiger partial charge in [-0.2, -0.15) is 4.39 Å². The SMILES string of the molecule is Fc1ncc(Cl)c(CCl)n1. The van der Waals surface area contributed by atoms with Crippen LogP contribution in [0, 0.1) is 6.08 Å². The van der Waals surface area contributed by atoms with E-state index in [9.17, 15) is 4.39 Å². The topological polar surface area (TPSA) is 25.8 Å². The van der Waals surface area contributed by atoms with Crippen LogP contribution < -0.4 is 0 Å². The maximum absolute atomic E-state index is 12.2. The summed E-state index contributed by atoms with van der Waals surface area (Å²) in [6, 6.07) is 0. The molecule has 0 bridgehead atoms. The van der Waals surface area contributed by atoms with Crippen LogP contribution in [0.1, 0.15) is 5.69 Å². The van der Waals surface area contributed by atoms with Gasteiger partial charge in [-0.15, -0.1) is 11.6 Å². The molecule has 0 saturated heterocycles. The molecule has 5 heteroatoms. The van der Waals surface area contributed by atoms with Crippen molar-refractivity contribution in [1.29, 1.82) is 0 Å². The lowest BCUT2D eigenvalue weighted by molar-refractivity contribution is 0.534. The minimum atomic E-state index is -0.806. The first-order chi connectivity index (χ1) is 4.74. The Kier molecular flexibility index (Phi) is 2.40. The summed E-state index contributed by atoms with van der Waals surface area (Å²) in [7, 11) is 0. The molecular weight excluding hydrogens is 178 g/mol. The van der Waals surface area contributed by atoms with E-state index in [1.54, 1.807) is 0 Å². The summed E-state index contributed by atoms with van der Waals surface area (Å²) in [6.07, 6.45) is 0.377. The van der Waals surface area contributed by atoms with Gasteiger partial charge in [0.2, 0.25) is 0 Å². The maximum atomic E-state index is 12.2. The molecule has 0 N–H and O–H groups in total. The molecule has 0 aliphatic carbocycles. The first kappa shape index (κ1) is 7.69. The third-order valence-corrected chi connectivity index (χ3v) is 1.48. The van der Waals surface area contributed by atoms with Crippen LogP contribution in [0.5, 0.6) is 0 Å². The number of rotatable bonds is 1. The van der Waals surface area contributed by atoms with Crippen molar-refractivity contribution in [3.8, 4) is 0 Å². The Bertz CT molecular complexity index is 241. The van der Waals surface area contributed by atoms with Crippen molar-refractivity contribution in [2.24, 2.45) is 0 Å². The molecular formula is C5H3Cl2FN2. The van der Waals surface area contributed by atoms with E-state index in [1.165, 1.54) is 6.20 Å². The summed E-state index contributed by atoms with van der Waals surface area (Å²) in [5, 5.41) is 0.288. The Hall–Kier alpha value is -0.410. The third kappa shape index (κ3) is 1.55. The lowest BCUT2D eigenvalue weighted by atomic mass is 10.5. The zero-order valence-corrected chi connectivity index (χ0v) is 6.32. The molecule has 0 atom stereocenters. The summed E-state index contributed by atoms with van der Waals surface area (Å²) in [4.78, 5) is 6.57. The van der Waals surface area contributed by atoms with E-state index >= 15 is 0 Å². The Morgan fingerprint density at radius 2 is 2.30 bits per heavy atom. The van der Waals surface area contributed by atoms with Gasteiger partial charge in [-0.1, -0.05) is 11.6 Å². The fourth-order valence-corrected chi connectivity index (χ4v) is 0.902. The Labute approximate surface area is 67.0 Å². The molecule has 1 aromatic rings. The minimum absolute atomic E-state index is 0.0955. The first-order valence-electron chi connectivity index (χ1n) is 2.47. The number of hydrogen-bond acceptors (Lipinski definition) is 2. The van der Waals surface area contributed by atoms with E-state index in [2.05, 4.69) is 9.97 Å². The average Bonchev–Trinajstić information content (AvgIpc) is 1.94. The molecule has 0 aliphatic rings. The van der Waals surface area contributed by atoms with E-state index in [4.69, 9.17) is 23.2 Å². The molecule has 2 nitrogen and oxygen atoms in total. The molecule has 0 spiro atoms. The molecule has 0 saturated carbocycles. The van der Waals surface area contributed by atoms with E-state index in [-0.39, 0.29) is 10.9 Å². The van der Waals surface area contributed by atoms with Crippen LogP contribution in [0.3, 0.4) is 0 Å². The highest BCUT2D eigenvalue weighted by Gasteiger charge is 2.01. The van der Waals surface area contributed by atoms with Crippen LogP contribution in [-0.2, 0) is 5.88 Å². The van der Waals surface area contributed by atoms with Crippen molar-refractivity contribution >= 4 is 23.2 Å². The normalized spacial score (nSPS) is 9.90. The van der Waals surface area contributed by atoms with Gasteiger partial charge in [0.25, 0.3) is 0 Å². The number of hydrogen-bond donors (Lipinski definition) is 0. The van der Waals surface area contributed by atoms with Crippen LogP contribution in [-0.4, -0.2) is 9.97 Å². The highest BCUT2D eigenvalue weighted by atomic mass is 35.5. The second kappa shape index (κ2) is 3.12. The largest absolute Gasteiger partial charge is 0.308 e. The predicted molar refractivity (Wildman–Crippen MR) is 36.6 cm³/mol. The quantitative estimate of drug-likeness (QED) is 0.489. The Balaban J connectivity index is 3.09. The van der Waals surface area contributed by atoms with Gasteiger partial charge < -0.3 is 0 Å². The summed E-state index contributed by atoms with van der Waals surface area (Å²) < 4.78 is 12.2. The fraction of sp³-hybridized carbons (Fsp3) is 0.200. The van der Waals surface area contributed by atoms with Gasteiger partial charge in [0.15, 0.2) is 0 Å². The van der Waals surface area contributed by atoms with Crippen LogP contribution in [0.4, 0.5) is 4.39 Å². The zero-order chi connectivity index (χ0) is 7.56. The second-order valence-electron chi connectivity index (χ2n) is 1.57. The van der Waals surface area contributed by atoms with Gasteiger partial charge in [0.05, 0.1) is 22.8 Å². The zero-order valence-electron chi connectivity index (χ0n) is 4.81. The summed E-state index contributed by atoms with van der Waals surface area (Å²) >= 11 is 10.9. The van der Waals surface area contributed by atoms with Crippen molar-refractivity contribution in [2.45, 2.75) is 5.88 Å². The predicted octanol–water partition coefficient (Wildman–Crippen LogP) is 2.01. The van der Waals surface area contributed by atoms with Crippen LogP contribution in [0.2, 0.25) is 5.02 Å². The van der Waals surface area contributed by atoms with Gasteiger partial charge in [-0.25, -0.2) is 9.97 Å². The number of halogens is 3. The molecule has 0 unspecified atom stereocenters. The lowest BCUT2D eigenvalue weighted by Crippen LogP contribution is -1.93. The molecule has 0 aromatic carbocycles. The molecule has 1 aromatic heterocycles. The maximum Gasteiger partial charge on any atom is 0.308 e. The van der Waals surface area contributed by atoms with Gasteiger partial charge in [0, 0.05) is 0 Å². The molecule has 54 valence electrons. The minimum Gasteiger partial charge on any atom is -0.209 e. The van der Waals surface area contributed by atoms with Crippen molar-refractivity contribution < 1.29 is 4.39 Å². The molecule has 1 rings (SSSR count). The number of alkyl halides is 1. The van der Waals surface area contributed by atoms with E-state index in [0.717, 1.165) is 0 Å². The Morgan fingerprint density at radius 1 is 1.60 bits per heavy atom. The monoisotopic (exact) mass is 180 g/mol. The first-order valence-corrected chi connectivity index (χ1v) is 3.38. The number of nitrogens with zero attached hydrogens (tertiary/aromatic N) is 2. The average molecular weight is 181 g/mol.